The Bertz CT molecular complexity index is 1170. The number of hydrogen-bond donors (Lipinski definition) is 0. The molecule has 0 aromatic heterocycles. The number of esters is 1. The molecule has 35 heavy (non-hydrogen) atoms. The van der Waals surface area contributed by atoms with E-state index in [2.05, 4.69) is 0 Å². The van der Waals surface area contributed by atoms with E-state index < -0.39 is 5.97 Å². The maximum Gasteiger partial charge on any atom is 0.344 e. The molecule has 7 nitrogen and oxygen atoms in total. The van der Waals surface area contributed by atoms with Crippen LogP contribution in [0.5, 0.6) is 17.2 Å². The highest BCUT2D eigenvalue weighted by atomic mass is 16.7. The third-order valence-electron chi connectivity index (χ3n) is 5.60. The summed E-state index contributed by atoms with van der Waals surface area (Å²) in [6.45, 7) is 5.11. The molecule has 0 fully saturated rings. The quantitative estimate of drug-likeness (QED) is 0.381. The highest BCUT2D eigenvalue weighted by Gasteiger charge is 2.19. The second kappa shape index (κ2) is 11.4. The zero-order chi connectivity index (χ0) is 24.6. The fourth-order valence-electron chi connectivity index (χ4n) is 3.91. The van der Waals surface area contributed by atoms with E-state index >= 15 is 0 Å². The molecular weight excluding hydrogens is 446 g/mol. The highest BCUT2D eigenvalue weighted by Crippen LogP contribution is 2.36. The zero-order valence-corrected chi connectivity index (χ0v) is 20.0. The molecule has 0 aliphatic carbocycles. The summed E-state index contributed by atoms with van der Waals surface area (Å²) >= 11 is 0. The Morgan fingerprint density at radius 3 is 2.43 bits per heavy atom. The van der Waals surface area contributed by atoms with Crippen molar-refractivity contribution in [2.24, 2.45) is 0 Å². The van der Waals surface area contributed by atoms with Crippen LogP contribution in [0.3, 0.4) is 0 Å². The second-order valence-electron chi connectivity index (χ2n) is 8.07. The van der Waals surface area contributed by atoms with Gasteiger partial charge in [0.15, 0.2) is 18.1 Å². The van der Waals surface area contributed by atoms with E-state index in [1.54, 1.807) is 17.9 Å². The predicted octanol–water partition coefficient (Wildman–Crippen LogP) is 5.08. The summed E-state index contributed by atoms with van der Waals surface area (Å²) in [6.07, 6.45) is 0.812. The Hall–Kier alpha value is -4.00. The monoisotopic (exact) mass is 475 g/mol. The maximum absolute atomic E-state index is 13.4. The number of ether oxygens (including phenoxy) is 4. The second-order valence-corrected chi connectivity index (χ2v) is 8.07. The lowest BCUT2D eigenvalue weighted by Gasteiger charge is -2.24. The number of carbonyl (C=O) groups excluding carboxylic acids is 2. The van der Waals surface area contributed by atoms with Gasteiger partial charge in [-0.2, -0.15) is 0 Å². The lowest BCUT2D eigenvalue weighted by Crippen LogP contribution is -2.31. The molecule has 0 saturated heterocycles. The maximum atomic E-state index is 13.4. The average Bonchev–Trinajstić information content (AvgIpc) is 3.36. The Morgan fingerprint density at radius 1 is 0.914 bits per heavy atom. The summed E-state index contributed by atoms with van der Waals surface area (Å²) in [5.41, 5.74) is 3.41. The van der Waals surface area contributed by atoms with Crippen LogP contribution in [0.25, 0.3) is 11.1 Å². The Labute approximate surface area is 205 Å². The minimum atomic E-state index is -0.425. The number of carbonyl (C=O) groups is 2. The van der Waals surface area contributed by atoms with E-state index in [0.717, 1.165) is 34.6 Å². The summed E-state index contributed by atoms with van der Waals surface area (Å²) in [4.78, 5) is 26.9. The standard InChI is InChI=1S/C28H29NO6/c1-3-15-29(17-23-7-5-6-8-24(23)33-18-27(30)32-4-2)28(31)21-11-9-20(10-12-21)22-13-14-25-26(16-22)35-19-34-25/h5-14,16H,3-4,15,17-19H2,1-2H3. The SMILES string of the molecule is CCCN(Cc1ccccc1OCC(=O)OCC)C(=O)c1ccc(-c2ccc3c(c2)OCO3)cc1. The predicted molar refractivity (Wildman–Crippen MR) is 132 cm³/mol. The van der Waals surface area contributed by atoms with Crippen LogP contribution >= 0.6 is 0 Å². The van der Waals surface area contributed by atoms with E-state index in [-0.39, 0.29) is 19.3 Å². The summed E-state index contributed by atoms with van der Waals surface area (Å²) in [5.74, 6) is 1.53. The van der Waals surface area contributed by atoms with Crippen LogP contribution in [0.15, 0.2) is 66.7 Å². The molecule has 0 unspecified atom stereocenters. The van der Waals surface area contributed by atoms with Gasteiger partial charge < -0.3 is 23.8 Å². The van der Waals surface area contributed by atoms with E-state index in [4.69, 9.17) is 18.9 Å². The summed E-state index contributed by atoms with van der Waals surface area (Å²) in [6, 6.07) is 20.8. The molecule has 3 aromatic carbocycles. The van der Waals surface area contributed by atoms with E-state index in [1.165, 1.54) is 0 Å². The van der Waals surface area contributed by atoms with Gasteiger partial charge in [0, 0.05) is 24.2 Å². The minimum Gasteiger partial charge on any atom is -0.482 e. The fourth-order valence-corrected chi connectivity index (χ4v) is 3.91. The molecule has 4 rings (SSSR count). The summed E-state index contributed by atoms with van der Waals surface area (Å²) < 4.78 is 21.5. The van der Waals surface area contributed by atoms with E-state index in [1.807, 2.05) is 67.6 Å². The van der Waals surface area contributed by atoms with Gasteiger partial charge in [-0.15, -0.1) is 0 Å². The number of hydrogen-bond acceptors (Lipinski definition) is 6. The van der Waals surface area contributed by atoms with Crippen LogP contribution in [-0.2, 0) is 16.1 Å². The van der Waals surface area contributed by atoms with Crippen molar-refractivity contribution in [2.75, 3.05) is 26.6 Å². The van der Waals surface area contributed by atoms with E-state index in [0.29, 0.717) is 31.0 Å². The molecule has 182 valence electrons. The van der Waals surface area contributed by atoms with Crippen LogP contribution in [0.1, 0.15) is 36.2 Å². The highest BCUT2D eigenvalue weighted by molar-refractivity contribution is 5.94. The molecule has 7 heteroatoms. The lowest BCUT2D eigenvalue weighted by molar-refractivity contribution is -0.145. The Balaban J connectivity index is 1.48. The molecule has 1 amide bonds. The first-order chi connectivity index (χ1) is 17.1. The number of amides is 1. The molecule has 1 aliphatic rings. The first-order valence-electron chi connectivity index (χ1n) is 11.7. The van der Waals surface area contributed by atoms with Crippen molar-refractivity contribution < 1.29 is 28.5 Å². The normalized spacial score (nSPS) is 11.7. The van der Waals surface area contributed by atoms with E-state index in [9.17, 15) is 9.59 Å². The van der Waals surface area contributed by atoms with Crippen molar-refractivity contribution in [1.29, 1.82) is 0 Å². The third-order valence-corrected chi connectivity index (χ3v) is 5.60. The summed E-state index contributed by atoms with van der Waals surface area (Å²) in [5, 5.41) is 0. The van der Waals surface area contributed by atoms with Crippen LogP contribution in [0.2, 0.25) is 0 Å². The van der Waals surface area contributed by atoms with Crippen molar-refractivity contribution >= 4 is 11.9 Å². The van der Waals surface area contributed by atoms with Crippen molar-refractivity contribution in [2.45, 2.75) is 26.8 Å². The van der Waals surface area contributed by atoms with Crippen LogP contribution in [0, 0.1) is 0 Å². The van der Waals surface area contributed by atoms with Gasteiger partial charge in [-0.25, -0.2) is 4.79 Å². The first-order valence-corrected chi connectivity index (χ1v) is 11.7. The zero-order valence-electron chi connectivity index (χ0n) is 20.0. The van der Waals surface area contributed by atoms with Gasteiger partial charge in [0.05, 0.1) is 6.61 Å². The number of fused-ring (bicyclic) bond motifs is 1. The topological polar surface area (TPSA) is 74.3 Å². The average molecular weight is 476 g/mol. The molecule has 0 saturated carbocycles. The molecule has 3 aromatic rings. The molecule has 0 spiro atoms. The van der Waals surface area contributed by atoms with Crippen molar-refractivity contribution in [3.63, 3.8) is 0 Å². The fraction of sp³-hybridized carbons (Fsp3) is 0.286. The van der Waals surface area contributed by atoms with Crippen LogP contribution < -0.4 is 14.2 Å². The largest absolute Gasteiger partial charge is 0.482 e. The van der Waals surface area contributed by atoms with Crippen molar-refractivity contribution in [3.8, 4) is 28.4 Å². The lowest BCUT2D eigenvalue weighted by atomic mass is 10.0. The molecule has 1 heterocycles. The smallest absolute Gasteiger partial charge is 0.344 e. The van der Waals surface area contributed by atoms with Gasteiger partial charge in [0.2, 0.25) is 6.79 Å². The number of benzene rings is 3. The molecule has 0 radical (unpaired) electrons. The Kier molecular flexibility index (Phi) is 7.88. The third kappa shape index (κ3) is 5.93. The van der Waals surface area contributed by atoms with Crippen LogP contribution in [-0.4, -0.2) is 43.3 Å². The van der Waals surface area contributed by atoms with Crippen molar-refractivity contribution in [1.82, 2.24) is 4.90 Å². The number of nitrogens with zero attached hydrogens (tertiary/aromatic N) is 1. The molecule has 1 aliphatic heterocycles. The van der Waals surface area contributed by atoms with Crippen LogP contribution in [0.4, 0.5) is 0 Å². The van der Waals surface area contributed by atoms with Gasteiger partial charge in [-0.3, -0.25) is 4.79 Å². The Morgan fingerprint density at radius 2 is 1.66 bits per heavy atom. The van der Waals surface area contributed by atoms with Gasteiger partial charge in [0.1, 0.15) is 5.75 Å². The molecular formula is C28H29NO6. The van der Waals surface area contributed by atoms with Gasteiger partial charge >= 0.3 is 5.97 Å². The molecule has 0 atom stereocenters. The molecule has 0 bridgehead atoms. The first kappa shape index (κ1) is 24.1. The van der Waals surface area contributed by atoms with Gasteiger partial charge in [-0.1, -0.05) is 43.3 Å². The van der Waals surface area contributed by atoms with Crippen molar-refractivity contribution in [3.05, 3.63) is 77.9 Å². The number of para-hydroxylation sites is 1. The van der Waals surface area contributed by atoms with Gasteiger partial charge in [0.25, 0.3) is 5.91 Å². The number of rotatable bonds is 10. The van der Waals surface area contributed by atoms with Gasteiger partial charge in [-0.05, 0) is 54.8 Å². The molecule has 0 N–H and O–H groups in total. The minimum absolute atomic E-state index is 0.0655. The summed E-state index contributed by atoms with van der Waals surface area (Å²) in [7, 11) is 0.